The Hall–Kier alpha value is -2.68. The average molecular weight is 320 g/mol. The van der Waals surface area contributed by atoms with Gasteiger partial charge in [-0.3, -0.25) is 4.79 Å². The van der Waals surface area contributed by atoms with Gasteiger partial charge in [0.05, 0.1) is 12.7 Å². The molecular weight excluding hydrogens is 300 g/mol. The zero-order valence-electron chi connectivity index (χ0n) is 14.2. The van der Waals surface area contributed by atoms with Gasteiger partial charge in [0.1, 0.15) is 0 Å². The van der Waals surface area contributed by atoms with Crippen molar-refractivity contribution < 1.29 is 14.3 Å². The fraction of sp³-hybridized carbons (Fsp3) is 0.238. The van der Waals surface area contributed by atoms with Gasteiger partial charge < -0.3 is 4.74 Å². The fourth-order valence-electron chi connectivity index (χ4n) is 3.25. The Morgan fingerprint density at radius 1 is 1.08 bits per heavy atom. The second kappa shape index (κ2) is 6.44. The van der Waals surface area contributed by atoms with Crippen molar-refractivity contribution in [3.63, 3.8) is 0 Å². The van der Waals surface area contributed by atoms with Crippen molar-refractivity contribution in [1.29, 1.82) is 0 Å². The summed E-state index contributed by atoms with van der Waals surface area (Å²) < 4.78 is 4.70. The summed E-state index contributed by atoms with van der Waals surface area (Å²) >= 11 is 0. The SMILES string of the molecule is COC(=O)c1ccc(/C=C2/CCc3c(C)cc(C)cc3C2=O)cc1. The molecule has 2 aromatic carbocycles. The van der Waals surface area contributed by atoms with E-state index in [9.17, 15) is 9.59 Å². The molecule has 0 aliphatic heterocycles. The fourth-order valence-corrected chi connectivity index (χ4v) is 3.25. The molecule has 1 aliphatic carbocycles. The van der Waals surface area contributed by atoms with Gasteiger partial charge in [-0.2, -0.15) is 0 Å². The minimum atomic E-state index is -0.358. The zero-order valence-corrected chi connectivity index (χ0v) is 14.2. The smallest absolute Gasteiger partial charge is 0.337 e. The third-order valence-corrected chi connectivity index (χ3v) is 4.47. The maximum absolute atomic E-state index is 12.8. The van der Waals surface area contributed by atoms with Gasteiger partial charge in [0.25, 0.3) is 0 Å². The van der Waals surface area contributed by atoms with Crippen molar-refractivity contribution in [1.82, 2.24) is 0 Å². The van der Waals surface area contributed by atoms with Gasteiger partial charge in [-0.05, 0) is 67.7 Å². The van der Waals surface area contributed by atoms with Crippen molar-refractivity contribution in [2.24, 2.45) is 0 Å². The van der Waals surface area contributed by atoms with E-state index < -0.39 is 0 Å². The number of fused-ring (bicyclic) bond motifs is 1. The maximum Gasteiger partial charge on any atom is 0.337 e. The average Bonchev–Trinajstić information content (AvgIpc) is 2.57. The number of allylic oxidation sites excluding steroid dienone is 1. The third-order valence-electron chi connectivity index (χ3n) is 4.47. The van der Waals surface area contributed by atoms with Gasteiger partial charge >= 0.3 is 5.97 Å². The standard InChI is InChI=1S/C21H20O3/c1-13-10-14(2)18-9-8-17(20(22)19(18)11-13)12-15-4-6-16(7-5-15)21(23)24-3/h4-7,10-12H,8-9H2,1-3H3/b17-12-. The first kappa shape index (κ1) is 16.2. The highest BCUT2D eigenvalue weighted by molar-refractivity contribution is 6.13. The lowest BCUT2D eigenvalue weighted by Crippen LogP contribution is -2.15. The van der Waals surface area contributed by atoms with Crippen LogP contribution in [-0.2, 0) is 11.2 Å². The maximum atomic E-state index is 12.8. The van der Waals surface area contributed by atoms with Crippen molar-refractivity contribution in [2.45, 2.75) is 26.7 Å². The van der Waals surface area contributed by atoms with E-state index in [0.29, 0.717) is 5.56 Å². The van der Waals surface area contributed by atoms with Crippen molar-refractivity contribution in [3.05, 3.63) is 75.4 Å². The van der Waals surface area contributed by atoms with Crippen LogP contribution in [0.2, 0.25) is 0 Å². The van der Waals surface area contributed by atoms with Crippen LogP contribution in [0, 0.1) is 13.8 Å². The number of esters is 1. The molecule has 3 nitrogen and oxygen atoms in total. The Morgan fingerprint density at radius 3 is 2.46 bits per heavy atom. The molecule has 0 N–H and O–H groups in total. The number of Topliss-reactive ketones (excluding diaryl/α,β-unsaturated/α-hetero) is 1. The lowest BCUT2D eigenvalue weighted by Gasteiger charge is -2.20. The number of rotatable bonds is 2. The van der Waals surface area contributed by atoms with Gasteiger partial charge in [-0.25, -0.2) is 4.79 Å². The number of ether oxygens (including phenoxy) is 1. The summed E-state index contributed by atoms with van der Waals surface area (Å²) in [7, 11) is 1.36. The summed E-state index contributed by atoms with van der Waals surface area (Å²) in [6.45, 7) is 4.09. The monoisotopic (exact) mass is 320 g/mol. The number of carbonyl (C=O) groups is 2. The van der Waals surface area contributed by atoms with Gasteiger partial charge in [0.15, 0.2) is 5.78 Å². The number of hydrogen-bond donors (Lipinski definition) is 0. The number of benzene rings is 2. The molecule has 0 amide bonds. The summed E-state index contributed by atoms with van der Waals surface area (Å²) in [5.41, 5.74) is 6.55. The first-order valence-corrected chi connectivity index (χ1v) is 8.03. The molecule has 1 aliphatic rings. The minimum Gasteiger partial charge on any atom is -0.465 e. The highest BCUT2D eigenvalue weighted by atomic mass is 16.5. The summed E-state index contributed by atoms with van der Waals surface area (Å²) in [4.78, 5) is 24.3. The third kappa shape index (κ3) is 3.02. The van der Waals surface area contributed by atoms with Gasteiger partial charge in [-0.15, -0.1) is 0 Å². The van der Waals surface area contributed by atoms with Crippen molar-refractivity contribution in [3.8, 4) is 0 Å². The summed E-state index contributed by atoms with van der Waals surface area (Å²) in [5, 5.41) is 0. The largest absolute Gasteiger partial charge is 0.465 e. The van der Waals surface area contributed by atoms with Crippen LogP contribution in [0.1, 0.15) is 49.4 Å². The Labute approximate surface area is 142 Å². The lowest BCUT2D eigenvalue weighted by molar-refractivity contribution is 0.0600. The van der Waals surface area contributed by atoms with Crippen LogP contribution >= 0.6 is 0 Å². The number of aryl methyl sites for hydroxylation is 2. The molecule has 122 valence electrons. The second-order valence-electron chi connectivity index (χ2n) is 6.22. The summed E-state index contributed by atoms with van der Waals surface area (Å²) in [6, 6.07) is 11.2. The number of hydrogen-bond acceptors (Lipinski definition) is 3. The van der Waals surface area contributed by atoms with E-state index in [0.717, 1.165) is 35.1 Å². The molecule has 0 saturated heterocycles. The van der Waals surface area contributed by atoms with E-state index in [1.165, 1.54) is 18.2 Å². The Balaban J connectivity index is 1.92. The van der Waals surface area contributed by atoms with Crippen LogP contribution in [0.15, 0.2) is 42.0 Å². The molecule has 24 heavy (non-hydrogen) atoms. The second-order valence-corrected chi connectivity index (χ2v) is 6.22. The van der Waals surface area contributed by atoms with E-state index in [1.54, 1.807) is 12.1 Å². The molecular formula is C21H20O3. The van der Waals surface area contributed by atoms with Crippen LogP contribution < -0.4 is 0 Å². The van der Waals surface area contributed by atoms with Crippen LogP contribution in [0.3, 0.4) is 0 Å². The quantitative estimate of drug-likeness (QED) is 0.612. The molecule has 0 spiro atoms. The molecule has 0 bridgehead atoms. The number of ketones is 1. The Morgan fingerprint density at radius 2 is 1.79 bits per heavy atom. The van der Waals surface area contributed by atoms with Crippen molar-refractivity contribution >= 4 is 17.8 Å². The van der Waals surface area contributed by atoms with E-state index >= 15 is 0 Å². The molecule has 0 unspecified atom stereocenters. The molecule has 0 aromatic heterocycles. The van der Waals surface area contributed by atoms with Crippen LogP contribution in [0.25, 0.3) is 6.08 Å². The molecule has 2 aromatic rings. The molecule has 3 rings (SSSR count). The molecule has 0 saturated carbocycles. The Bertz CT molecular complexity index is 842. The van der Waals surface area contributed by atoms with Crippen molar-refractivity contribution in [2.75, 3.05) is 7.11 Å². The molecule has 0 fully saturated rings. The first-order valence-electron chi connectivity index (χ1n) is 8.03. The van der Waals surface area contributed by atoms with Crippen LogP contribution in [0.5, 0.6) is 0 Å². The first-order chi connectivity index (χ1) is 11.5. The van der Waals surface area contributed by atoms with Crippen LogP contribution in [0.4, 0.5) is 0 Å². The van der Waals surface area contributed by atoms with E-state index in [-0.39, 0.29) is 11.8 Å². The predicted octanol–water partition coefficient (Wildman–Crippen LogP) is 4.30. The summed E-state index contributed by atoms with van der Waals surface area (Å²) in [5.74, 6) is -0.247. The lowest BCUT2D eigenvalue weighted by atomic mass is 9.83. The van der Waals surface area contributed by atoms with Crippen LogP contribution in [-0.4, -0.2) is 18.9 Å². The molecule has 0 radical (unpaired) electrons. The highest BCUT2D eigenvalue weighted by Gasteiger charge is 2.23. The highest BCUT2D eigenvalue weighted by Crippen LogP contribution is 2.29. The zero-order chi connectivity index (χ0) is 17.3. The van der Waals surface area contributed by atoms with Gasteiger partial charge in [0.2, 0.25) is 0 Å². The van der Waals surface area contributed by atoms with Gasteiger partial charge in [-0.1, -0.05) is 23.8 Å². The van der Waals surface area contributed by atoms with Gasteiger partial charge in [0, 0.05) is 11.1 Å². The van der Waals surface area contributed by atoms with E-state index in [1.807, 2.05) is 31.2 Å². The molecule has 0 atom stereocenters. The normalized spacial score (nSPS) is 15.3. The molecule has 0 heterocycles. The predicted molar refractivity (Wildman–Crippen MR) is 94.3 cm³/mol. The Kier molecular flexibility index (Phi) is 4.34. The summed E-state index contributed by atoms with van der Waals surface area (Å²) in [6.07, 6.45) is 3.55. The number of carbonyl (C=O) groups excluding carboxylic acids is 2. The van der Waals surface area contributed by atoms with E-state index in [4.69, 9.17) is 4.74 Å². The van der Waals surface area contributed by atoms with E-state index in [2.05, 4.69) is 13.0 Å². The number of methoxy groups -OCH3 is 1. The topological polar surface area (TPSA) is 43.4 Å². The molecule has 3 heteroatoms. The minimum absolute atomic E-state index is 0.111.